The first kappa shape index (κ1) is 12.0. The summed E-state index contributed by atoms with van der Waals surface area (Å²) in [6.07, 6.45) is -12.4. The molecule has 0 saturated heterocycles. The summed E-state index contributed by atoms with van der Waals surface area (Å²) in [6, 6.07) is 0. The highest BCUT2D eigenvalue weighted by atomic mass is 19.4. The Kier molecular flexibility index (Phi) is 3.18. The molecule has 0 amide bonds. The quantitative estimate of drug-likeness (QED) is 0.407. The molecule has 0 fully saturated rings. The summed E-state index contributed by atoms with van der Waals surface area (Å²) in [4.78, 5) is 0. The maximum atomic E-state index is 11.7. The number of halogens is 6. The van der Waals surface area contributed by atoms with Gasteiger partial charge in [-0.05, 0) is 0 Å². The SMILES string of the molecule is N=C(N)CC(C(F)(F)F)C(F)(F)F. The fourth-order valence-electron chi connectivity index (χ4n) is 0.637. The van der Waals surface area contributed by atoms with Gasteiger partial charge in [0.2, 0.25) is 0 Å². The van der Waals surface area contributed by atoms with Crippen molar-refractivity contribution in [2.75, 3.05) is 0 Å². The van der Waals surface area contributed by atoms with Crippen molar-refractivity contribution in [3.63, 3.8) is 0 Å². The normalized spacial score (nSPS) is 13.5. The molecule has 0 bridgehead atoms. The van der Waals surface area contributed by atoms with Crippen LogP contribution in [-0.4, -0.2) is 18.2 Å². The highest BCUT2D eigenvalue weighted by Crippen LogP contribution is 2.40. The van der Waals surface area contributed by atoms with E-state index in [0.717, 1.165) is 0 Å². The monoisotopic (exact) mass is 208 g/mol. The van der Waals surface area contributed by atoms with E-state index in [1.807, 2.05) is 0 Å². The molecule has 13 heavy (non-hydrogen) atoms. The van der Waals surface area contributed by atoms with E-state index in [9.17, 15) is 26.3 Å². The molecule has 0 aliphatic heterocycles. The third-order valence-corrected chi connectivity index (χ3v) is 1.21. The highest BCUT2D eigenvalue weighted by Gasteiger charge is 2.56. The standard InChI is InChI=1S/C5H6F6N2/c6-4(7,8)2(1-3(12)13)5(9,10)11/h2H,1H2,(H3,12,13). The molecule has 0 aromatic heterocycles. The topological polar surface area (TPSA) is 49.9 Å². The predicted octanol–water partition coefficient (Wildman–Crippen LogP) is 2.05. The Morgan fingerprint density at radius 2 is 1.38 bits per heavy atom. The van der Waals surface area contributed by atoms with E-state index < -0.39 is 30.5 Å². The molecule has 0 heterocycles. The third kappa shape index (κ3) is 4.00. The van der Waals surface area contributed by atoms with Crippen LogP contribution in [0.15, 0.2) is 0 Å². The van der Waals surface area contributed by atoms with Crippen LogP contribution in [-0.2, 0) is 0 Å². The summed E-state index contributed by atoms with van der Waals surface area (Å²) in [5.41, 5.74) is 4.47. The number of alkyl halides is 6. The first-order valence-electron chi connectivity index (χ1n) is 3.01. The van der Waals surface area contributed by atoms with E-state index >= 15 is 0 Å². The Labute approximate surface area is 69.2 Å². The van der Waals surface area contributed by atoms with Gasteiger partial charge in [-0.15, -0.1) is 0 Å². The van der Waals surface area contributed by atoms with Gasteiger partial charge in [0.1, 0.15) is 0 Å². The first-order chi connectivity index (χ1) is 5.55. The Morgan fingerprint density at radius 1 is 1.08 bits per heavy atom. The Bertz CT molecular complexity index is 178. The van der Waals surface area contributed by atoms with Crippen molar-refractivity contribution < 1.29 is 26.3 Å². The molecule has 0 unspecified atom stereocenters. The summed E-state index contributed by atoms with van der Waals surface area (Å²) >= 11 is 0. The van der Waals surface area contributed by atoms with E-state index in [0.29, 0.717) is 0 Å². The molecule has 0 atom stereocenters. The molecule has 0 spiro atoms. The molecule has 0 radical (unpaired) electrons. The van der Waals surface area contributed by atoms with E-state index in [1.54, 1.807) is 0 Å². The van der Waals surface area contributed by atoms with Crippen molar-refractivity contribution in [3.05, 3.63) is 0 Å². The van der Waals surface area contributed by atoms with Gasteiger partial charge in [-0.25, -0.2) is 0 Å². The van der Waals surface area contributed by atoms with Gasteiger partial charge in [0, 0.05) is 6.42 Å². The minimum atomic E-state index is -5.41. The van der Waals surface area contributed by atoms with E-state index in [1.165, 1.54) is 0 Å². The Morgan fingerprint density at radius 3 is 1.46 bits per heavy atom. The molecule has 0 aliphatic carbocycles. The molecule has 0 saturated carbocycles. The van der Waals surface area contributed by atoms with Crippen LogP contribution in [0.3, 0.4) is 0 Å². The number of hydrogen-bond donors (Lipinski definition) is 2. The zero-order valence-corrected chi connectivity index (χ0v) is 6.13. The van der Waals surface area contributed by atoms with Crippen molar-refractivity contribution in [3.8, 4) is 0 Å². The lowest BCUT2D eigenvalue weighted by molar-refractivity contribution is -0.281. The molecule has 0 rings (SSSR count). The number of nitrogens with one attached hydrogen (secondary N) is 1. The van der Waals surface area contributed by atoms with Crippen molar-refractivity contribution >= 4 is 5.84 Å². The second kappa shape index (κ2) is 3.43. The van der Waals surface area contributed by atoms with Crippen LogP contribution in [0.5, 0.6) is 0 Å². The van der Waals surface area contributed by atoms with Crippen LogP contribution >= 0.6 is 0 Å². The zero-order chi connectivity index (χ0) is 10.9. The molecular formula is C5H6F6N2. The lowest BCUT2D eigenvalue weighted by Crippen LogP contribution is -2.39. The van der Waals surface area contributed by atoms with Crippen LogP contribution in [0.2, 0.25) is 0 Å². The molecule has 78 valence electrons. The minimum absolute atomic E-state index is 1.14. The van der Waals surface area contributed by atoms with Gasteiger partial charge in [0.25, 0.3) is 0 Å². The highest BCUT2D eigenvalue weighted by molar-refractivity contribution is 5.77. The summed E-state index contributed by atoms with van der Waals surface area (Å²) < 4.78 is 70.2. The summed E-state index contributed by atoms with van der Waals surface area (Å²) in [5, 5.41) is 6.36. The van der Waals surface area contributed by atoms with E-state index in [-0.39, 0.29) is 0 Å². The number of nitrogens with two attached hydrogens (primary N) is 1. The maximum absolute atomic E-state index is 11.7. The summed E-state index contributed by atoms with van der Waals surface area (Å²) in [5.74, 6) is -4.68. The van der Waals surface area contributed by atoms with Crippen LogP contribution in [0.25, 0.3) is 0 Å². The van der Waals surface area contributed by atoms with Gasteiger partial charge in [-0.2, -0.15) is 26.3 Å². The van der Waals surface area contributed by atoms with Crippen molar-refractivity contribution in [2.45, 2.75) is 18.8 Å². The second-order valence-corrected chi connectivity index (χ2v) is 2.37. The van der Waals surface area contributed by atoms with Gasteiger partial charge < -0.3 is 5.73 Å². The second-order valence-electron chi connectivity index (χ2n) is 2.37. The summed E-state index contributed by atoms with van der Waals surface area (Å²) in [7, 11) is 0. The molecular weight excluding hydrogens is 202 g/mol. The minimum Gasteiger partial charge on any atom is -0.388 e. The van der Waals surface area contributed by atoms with E-state index in [2.05, 4.69) is 5.73 Å². The van der Waals surface area contributed by atoms with Crippen molar-refractivity contribution in [1.29, 1.82) is 5.41 Å². The largest absolute Gasteiger partial charge is 0.400 e. The van der Waals surface area contributed by atoms with E-state index in [4.69, 9.17) is 5.41 Å². The maximum Gasteiger partial charge on any atom is 0.400 e. The molecule has 2 nitrogen and oxygen atoms in total. The van der Waals surface area contributed by atoms with Crippen LogP contribution in [0.4, 0.5) is 26.3 Å². The average molecular weight is 208 g/mol. The van der Waals surface area contributed by atoms with Gasteiger partial charge in [-0.3, -0.25) is 5.41 Å². The predicted molar refractivity (Wildman–Crippen MR) is 32.1 cm³/mol. The molecule has 8 heteroatoms. The lowest BCUT2D eigenvalue weighted by Gasteiger charge is -2.21. The van der Waals surface area contributed by atoms with Gasteiger partial charge >= 0.3 is 12.4 Å². The van der Waals surface area contributed by atoms with Crippen LogP contribution in [0, 0.1) is 11.3 Å². The van der Waals surface area contributed by atoms with Gasteiger partial charge in [-0.1, -0.05) is 0 Å². The molecule has 0 aromatic carbocycles. The smallest absolute Gasteiger partial charge is 0.388 e. The third-order valence-electron chi connectivity index (χ3n) is 1.21. The van der Waals surface area contributed by atoms with Gasteiger partial charge in [0.05, 0.1) is 5.84 Å². The fraction of sp³-hybridized carbons (Fsp3) is 0.800. The summed E-state index contributed by atoms with van der Waals surface area (Å²) in [6.45, 7) is 0. The number of hydrogen-bond acceptors (Lipinski definition) is 1. The molecule has 3 N–H and O–H groups in total. The van der Waals surface area contributed by atoms with Crippen molar-refractivity contribution in [2.24, 2.45) is 11.7 Å². The Balaban J connectivity index is 4.68. The average Bonchev–Trinajstić information content (AvgIpc) is 1.77. The van der Waals surface area contributed by atoms with Gasteiger partial charge in [0.15, 0.2) is 5.92 Å². The number of amidine groups is 1. The number of rotatable bonds is 2. The van der Waals surface area contributed by atoms with Crippen molar-refractivity contribution in [1.82, 2.24) is 0 Å². The lowest BCUT2D eigenvalue weighted by atomic mass is 10.0. The molecule has 0 aromatic rings. The Hall–Kier alpha value is -0.950. The van der Waals surface area contributed by atoms with Crippen LogP contribution < -0.4 is 5.73 Å². The zero-order valence-electron chi connectivity index (χ0n) is 6.13. The first-order valence-corrected chi connectivity index (χ1v) is 3.01. The fourth-order valence-corrected chi connectivity index (χ4v) is 0.637. The molecule has 0 aliphatic rings. The van der Waals surface area contributed by atoms with Crippen LogP contribution in [0.1, 0.15) is 6.42 Å².